The normalized spacial score (nSPS) is 32.5. The predicted octanol–water partition coefficient (Wildman–Crippen LogP) is 3.17. The Morgan fingerprint density at radius 3 is 1.31 bits per heavy atom. The number of hydrogen-bond donors (Lipinski definition) is 0. The molecule has 0 bridgehead atoms. The van der Waals surface area contributed by atoms with Crippen LogP contribution in [0.5, 0.6) is 0 Å². The van der Waals surface area contributed by atoms with Gasteiger partial charge in [-0.05, 0) is 27.7 Å². The Balaban J connectivity index is 2.37. The highest BCUT2D eigenvalue weighted by molar-refractivity contribution is 8.09. The SMILES string of the molecule is CC1(C)CC(=O)/C(=C2\SC(C)(C)CC2=O)S1. The maximum absolute atomic E-state index is 11.9. The van der Waals surface area contributed by atoms with Crippen LogP contribution in [0.2, 0.25) is 0 Å². The molecule has 0 aromatic heterocycles. The molecule has 2 heterocycles. The highest BCUT2D eigenvalue weighted by Crippen LogP contribution is 2.52. The van der Waals surface area contributed by atoms with Crippen molar-refractivity contribution in [2.24, 2.45) is 0 Å². The Morgan fingerprint density at radius 2 is 1.12 bits per heavy atom. The van der Waals surface area contributed by atoms with E-state index in [1.807, 2.05) is 0 Å². The van der Waals surface area contributed by atoms with Crippen LogP contribution >= 0.6 is 23.5 Å². The molecule has 0 unspecified atom stereocenters. The van der Waals surface area contributed by atoms with Crippen molar-refractivity contribution >= 4 is 35.1 Å². The van der Waals surface area contributed by atoms with Crippen molar-refractivity contribution in [3.63, 3.8) is 0 Å². The van der Waals surface area contributed by atoms with Crippen LogP contribution < -0.4 is 0 Å². The fourth-order valence-corrected chi connectivity index (χ4v) is 4.57. The first-order valence-corrected chi connectivity index (χ1v) is 7.02. The molecular weight excluding hydrogens is 240 g/mol. The van der Waals surface area contributed by atoms with E-state index in [0.717, 1.165) is 0 Å². The molecule has 4 heteroatoms. The minimum Gasteiger partial charge on any atom is -0.294 e. The molecule has 88 valence electrons. The van der Waals surface area contributed by atoms with Crippen LogP contribution in [0.4, 0.5) is 0 Å². The Hall–Kier alpha value is -0.220. The molecule has 2 nitrogen and oxygen atoms in total. The van der Waals surface area contributed by atoms with Crippen molar-refractivity contribution < 1.29 is 9.59 Å². The van der Waals surface area contributed by atoms with Crippen molar-refractivity contribution in [3.05, 3.63) is 9.81 Å². The molecule has 16 heavy (non-hydrogen) atoms. The van der Waals surface area contributed by atoms with Crippen molar-refractivity contribution in [3.8, 4) is 0 Å². The molecule has 0 aromatic carbocycles. The first kappa shape index (κ1) is 12.2. The standard InChI is InChI=1S/C12H16O2S2/c1-11(2)5-7(13)9(15-11)10-8(14)6-12(3,4)16-10/h5-6H2,1-4H3/b10-9+. The van der Waals surface area contributed by atoms with Gasteiger partial charge in [-0.3, -0.25) is 9.59 Å². The monoisotopic (exact) mass is 256 g/mol. The zero-order chi connectivity index (χ0) is 12.1. The molecule has 0 spiro atoms. The smallest absolute Gasteiger partial charge is 0.171 e. The van der Waals surface area contributed by atoms with Crippen LogP contribution in [0.25, 0.3) is 0 Å². The van der Waals surface area contributed by atoms with Gasteiger partial charge in [-0.25, -0.2) is 0 Å². The third-order valence-corrected chi connectivity index (χ3v) is 5.44. The fraction of sp³-hybridized carbons (Fsp3) is 0.667. The van der Waals surface area contributed by atoms with Gasteiger partial charge in [0.15, 0.2) is 11.6 Å². The predicted molar refractivity (Wildman–Crippen MR) is 69.6 cm³/mol. The van der Waals surface area contributed by atoms with Gasteiger partial charge in [-0.2, -0.15) is 0 Å². The van der Waals surface area contributed by atoms with Crippen LogP contribution in [0.3, 0.4) is 0 Å². The van der Waals surface area contributed by atoms with Gasteiger partial charge in [0, 0.05) is 22.3 Å². The van der Waals surface area contributed by atoms with E-state index in [9.17, 15) is 9.59 Å². The minimum atomic E-state index is -0.0486. The Morgan fingerprint density at radius 1 is 0.812 bits per heavy atom. The molecule has 0 aliphatic carbocycles. The second-order valence-corrected chi connectivity index (χ2v) is 9.02. The summed E-state index contributed by atoms with van der Waals surface area (Å²) in [7, 11) is 0. The van der Waals surface area contributed by atoms with Gasteiger partial charge in [-0.1, -0.05) is 0 Å². The summed E-state index contributed by atoms with van der Waals surface area (Å²) >= 11 is 3.13. The fourth-order valence-electron chi connectivity index (χ4n) is 2.02. The molecule has 0 radical (unpaired) electrons. The number of Topliss-reactive ketones (excluding diaryl/α,β-unsaturated/α-hetero) is 2. The second kappa shape index (κ2) is 3.64. The molecular formula is C12H16O2S2. The number of rotatable bonds is 0. The number of carbonyl (C=O) groups excluding carboxylic acids is 2. The largest absolute Gasteiger partial charge is 0.294 e. The Bertz CT molecular complexity index is 367. The van der Waals surface area contributed by atoms with Gasteiger partial charge in [0.25, 0.3) is 0 Å². The highest BCUT2D eigenvalue weighted by atomic mass is 32.2. The molecule has 0 aromatic rings. The van der Waals surface area contributed by atoms with E-state index >= 15 is 0 Å². The minimum absolute atomic E-state index is 0.0486. The summed E-state index contributed by atoms with van der Waals surface area (Å²) in [6.45, 7) is 8.22. The average Bonchev–Trinajstić information content (AvgIpc) is 2.48. The second-order valence-electron chi connectivity index (χ2n) is 5.58. The van der Waals surface area contributed by atoms with Crippen molar-refractivity contribution in [2.45, 2.75) is 50.0 Å². The first-order chi connectivity index (χ1) is 7.20. The molecule has 0 atom stereocenters. The number of thioether (sulfide) groups is 2. The molecule has 2 aliphatic rings. The maximum atomic E-state index is 11.9. The van der Waals surface area contributed by atoms with Crippen LogP contribution in [0.1, 0.15) is 40.5 Å². The van der Waals surface area contributed by atoms with Gasteiger partial charge in [-0.15, -0.1) is 23.5 Å². The lowest BCUT2D eigenvalue weighted by atomic mass is 10.0. The van der Waals surface area contributed by atoms with Crippen LogP contribution in [-0.2, 0) is 9.59 Å². The lowest BCUT2D eigenvalue weighted by Crippen LogP contribution is -2.09. The highest BCUT2D eigenvalue weighted by Gasteiger charge is 2.43. The number of allylic oxidation sites excluding steroid dienone is 2. The summed E-state index contributed by atoms with van der Waals surface area (Å²) in [5, 5.41) is 0. The van der Waals surface area contributed by atoms with Gasteiger partial charge in [0.05, 0.1) is 9.81 Å². The lowest BCUT2D eigenvalue weighted by Gasteiger charge is -2.14. The number of ketones is 2. The van der Waals surface area contributed by atoms with E-state index in [4.69, 9.17) is 0 Å². The van der Waals surface area contributed by atoms with Gasteiger partial charge in [0.2, 0.25) is 0 Å². The summed E-state index contributed by atoms with van der Waals surface area (Å²) in [6.07, 6.45) is 1.09. The quantitative estimate of drug-likeness (QED) is 0.623. The zero-order valence-corrected chi connectivity index (χ0v) is 11.7. The Kier molecular flexibility index (Phi) is 2.78. The molecule has 2 saturated heterocycles. The van der Waals surface area contributed by atoms with Crippen LogP contribution in [0.15, 0.2) is 9.81 Å². The van der Waals surface area contributed by atoms with Crippen molar-refractivity contribution in [1.29, 1.82) is 0 Å². The van der Waals surface area contributed by atoms with Gasteiger partial charge < -0.3 is 0 Å². The summed E-state index contributed by atoms with van der Waals surface area (Å²) in [5.74, 6) is 0.284. The first-order valence-electron chi connectivity index (χ1n) is 5.39. The molecule has 0 N–H and O–H groups in total. The summed E-state index contributed by atoms with van der Waals surface area (Å²) in [4.78, 5) is 25.2. The summed E-state index contributed by atoms with van der Waals surface area (Å²) < 4.78 is -0.0972. The molecule has 0 amide bonds. The number of hydrogen-bond acceptors (Lipinski definition) is 4. The van der Waals surface area contributed by atoms with E-state index in [1.165, 1.54) is 0 Å². The maximum Gasteiger partial charge on any atom is 0.171 e. The van der Waals surface area contributed by atoms with Crippen molar-refractivity contribution in [1.82, 2.24) is 0 Å². The van der Waals surface area contributed by atoms with E-state index in [2.05, 4.69) is 27.7 Å². The van der Waals surface area contributed by atoms with E-state index in [0.29, 0.717) is 22.7 Å². The molecule has 0 saturated carbocycles. The summed E-state index contributed by atoms with van der Waals surface area (Å²) in [5.41, 5.74) is 0. The zero-order valence-electron chi connectivity index (χ0n) is 10.0. The van der Waals surface area contributed by atoms with Gasteiger partial charge in [0.1, 0.15) is 0 Å². The third-order valence-electron chi connectivity index (χ3n) is 2.64. The van der Waals surface area contributed by atoms with Crippen molar-refractivity contribution in [2.75, 3.05) is 0 Å². The van der Waals surface area contributed by atoms with E-state index in [-0.39, 0.29) is 21.1 Å². The molecule has 2 rings (SSSR count). The van der Waals surface area contributed by atoms with E-state index < -0.39 is 0 Å². The molecule has 2 aliphatic heterocycles. The molecule has 2 fully saturated rings. The van der Waals surface area contributed by atoms with Gasteiger partial charge >= 0.3 is 0 Å². The lowest BCUT2D eigenvalue weighted by molar-refractivity contribution is -0.117. The average molecular weight is 256 g/mol. The van der Waals surface area contributed by atoms with Crippen LogP contribution in [-0.4, -0.2) is 21.1 Å². The summed E-state index contributed by atoms with van der Waals surface area (Å²) in [6, 6.07) is 0. The number of carbonyl (C=O) groups is 2. The third kappa shape index (κ3) is 2.23. The Labute approximate surface area is 105 Å². The van der Waals surface area contributed by atoms with Crippen LogP contribution in [0, 0.1) is 0 Å². The van der Waals surface area contributed by atoms with E-state index in [1.54, 1.807) is 23.5 Å². The topological polar surface area (TPSA) is 34.1 Å².